The average molecular weight is 422 g/mol. The van der Waals surface area contributed by atoms with E-state index in [-0.39, 0.29) is 22.5 Å². The van der Waals surface area contributed by atoms with Crippen molar-refractivity contribution in [2.75, 3.05) is 13.1 Å². The number of piperidine rings is 1. The van der Waals surface area contributed by atoms with Crippen molar-refractivity contribution < 1.29 is 17.3 Å². The zero-order valence-electron chi connectivity index (χ0n) is 14.8. The Hall–Kier alpha value is -2.29. The lowest BCUT2D eigenvalue weighted by atomic mass is 9.97. The first-order valence-electron chi connectivity index (χ1n) is 8.79. The van der Waals surface area contributed by atoms with Gasteiger partial charge in [-0.15, -0.1) is 0 Å². The molecule has 2 heterocycles. The molecule has 2 aromatic carbocycles. The Morgan fingerprint density at radius 1 is 1.11 bits per heavy atom. The third-order valence-corrected chi connectivity index (χ3v) is 6.95. The highest BCUT2D eigenvalue weighted by molar-refractivity contribution is 7.89. The summed E-state index contributed by atoms with van der Waals surface area (Å²) in [6, 6.07) is 12.1. The number of halogens is 2. The third-order valence-electron chi connectivity index (χ3n) is 4.78. The van der Waals surface area contributed by atoms with Gasteiger partial charge in [-0.3, -0.25) is 0 Å². The van der Waals surface area contributed by atoms with E-state index in [0.717, 1.165) is 0 Å². The fraction of sp³-hybridized carbons (Fsp3) is 0.263. The summed E-state index contributed by atoms with van der Waals surface area (Å²) < 4.78 is 45.6. The minimum atomic E-state index is -3.56. The zero-order chi connectivity index (χ0) is 19.7. The van der Waals surface area contributed by atoms with E-state index < -0.39 is 10.0 Å². The summed E-state index contributed by atoms with van der Waals surface area (Å²) >= 11 is 5.84. The molecule has 0 unspecified atom stereocenters. The fourth-order valence-electron chi connectivity index (χ4n) is 3.25. The Balaban J connectivity index is 1.45. The molecule has 28 heavy (non-hydrogen) atoms. The monoisotopic (exact) mass is 421 g/mol. The summed E-state index contributed by atoms with van der Waals surface area (Å²) in [5.41, 5.74) is 0.515. The maximum Gasteiger partial charge on any atom is 0.258 e. The number of rotatable bonds is 4. The SMILES string of the molecule is O=S(=O)(c1ccc(Cl)cc1)N1CCC(c2noc(-c3cccc(F)c3)n2)CC1. The van der Waals surface area contributed by atoms with Crippen LogP contribution in [0.2, 0.25) is 5.02 Å². The fourth-order valence-corrected chi connectivity index (χ4v) is 4.85. The normalized spacial score (nSPS) is 16.4. The predicted octanol–water partition coefficient (Wildman–Crippen LogP) is 4.10. The van der Waals surface area contributed by atoms with Crippen molar-refractivity contribution in [2.24, 2.45) is 0 Å². The molecule has 1 aliphatic rings. The molecule has 9 heteroatoms. The van der Waals surface area contributed by atoms with Crippen molar-refractivity contribution in [3.05, 3.63) is 65.2 Å². The number of hydrogen-bond donors (Lipinski definition) is 0. The van der Waals surface area contributed by atoms with E-state index in [4.69, 9.17) is 16.1 Å². The Kier molecular flexibility index (Phi) is 5.18. The molecule has 0 saturated carbocycles. The molecule has 0 bridgehead atoms. The first-order chi connectivity index (χ1) is 13.4. The summed E-state index contributed by atoms with van der Waals surface area (Å²) in [7, 11) is -3.56. The van der Waals surface area contributed by atoms with Gasteiger partial charge in [0.15, 0.2) is 5.82 Å². The van der Waals surface area contributed by atoms with E-state index in [1.165, 1.54) is 28.6 Å². The molecule has 1 aliphatic heterocycles. The molecule has 1 saturated heterocycles. The summed E-state index contributed by atoms with van der Waals surface area (Å²) in [5, 5.41) is 4.50. The second-order valence-electron chi connectivity index (χ2n) is 6.60. The van der Waals surface area contributed by atoms with Crippen LogP contribution in [0.15, 0.2) is 57.9 Å². The smallest absolute Gasteiger partial charge is 0.258 e. The van der Waals surface area contributed by atoms with Crippen LogP contribution < -0.4 is 0 Å². The van der Waals surface area contributed by atoms with Gasteiger partial charge in [0.25, 0.3) is 5.89 Å². The molecule has 0 radical (unpaired) electrons. The first kappa shape index (κ1) is 19.0. The Labute approximate surface area is 167 Å². The molecule has 0 atom stereocenters. The lowest BCUT2D eigenvalue weighted by Gasteiger charge is -2.29. The molecule has 1 aromatic heterocycles. The van der Waals surface area contributed by atoms with Gasteiger partial charge in [-0.2, -0.15) is 9.29 Å². The Morgan fingerprint density at radius 3 is 2.50 bits per heavy atom. The van der Waals surface area contributed by atoms with Gasteiger partial charge in [0.05, 0.1) is 4.90 Å². The first-order valence-corrected chi connectivity index (χ1v) is 10.6. The maximum atomic E-state index is 13.4. The molecule has 4 rings (SSSR count). The lowest BCUT2D eigenvalue weighted by Crippen LogP contribution is -2.38. The van der Waals surface area contributed by atoms with Gasteiger partial charge in [-0.05, 0) is 55.3 Å². The topological polar surface area (TPSA) is 76.3 Å². The van der Waals surface area contributed by atoms with Crippen molar-refractivity contribution in [1.82, 2.24) is 14.4 Å². The van der Waals surface area contributed by atoms with Crippen LogP contribution in [0, 0.1) is 5.82 Å². The van der Waals surface area contributed by atoms with E-state index >= 15 is 0 Å². The lowest BCUT2D eigenvalue weighted by molar-refractivity contribution is 0.307. The van der Waals surface area contributed by atoms with Crippen molar-refractivity contribution >= 4 is 21.6 Å². The predicted molar refractivity (Wildman–Crippen MR) is 102 cm³/mol. The van der Waals surface area contributed by atoms with Crippen LogP contribution >= 0.6 is 11.6 Å². The van der Waals surface area contributed by atoms with Crippen molar-refractivity contribution in [3.8, 4) is 11.5 Å². The molecular formula is C19H17ClFN3O3S. The molecule has 0 spiro atoms. The van der Waals surface area contributed by atoms with Gasteiger partial charge in [0.1, 0.15) is 5.82 Å². The largest absolute Gasteiger partial charge is 0.334 e. The summed E-state index contributed by atoms with van der Waals surface area (Å²) in [6.45, 7) is 0.721. The maximum absolute atomic E-state index is 13.4. The standard InChI is InChI=1S/C19H17ClFN3O3S/c20-15-4-6-17(7-5-15)28(25,26)24-10-8-13(9-11-24)18-22-19(27-23-18)14-2-1-3-16(21)12-14/h1-7,12-13H,8-11H2. The number of sulfonamides is 1. The second kappa shape index (κ2) is 7.62. The molecule has 0 N–H and O–H groups in total. The highest BCUT2D eigenvalue weighted by atomic mass is 35.5. The number of aromatic nitrogens is 2. The zero-order valence-corrected chi connectivity index (χ0v) is 16.3. The molecule has 146 valence electrons. The Morgan fingerprint density at radius 2 is 1.82 bits per heavy atom. The second-order valence-corrected chi connectivity index (χ2v) is 8.97. The number of nitrogens with zero attached hydrogens (tertiary/aromatic N) is 3. The summed E-state index contributed by atoms with van der Waals surface area (Å²) in [5.74, 6) is 0.384. The van der Waals surface area contributed by atoms with E-state index in [1.807, 2.05) is 0 Å². The van der Waals surface area contributed by atoms with Crippen LogP contribution in [-0.4, -0.2) is 36.0 Å². The summed E-state index contributed by atoms with van der Waals surface area (Å²) in [6.07, 6.45) is 1.16. The van der Waals surface area contributed by atoms with Crippen LogP contribution in [0.5, 0.6) is 0 Å². The molecule has 3 aromatic rings. The number of benzene rings is 2. The molecule has 1 fully saturated rings. The molecule has 0 aliphatic carbocycles. The van der Waals surface area contributed by atoms with E-state index in [0.29, 0.717) is 42.3 Å². The van der Waals surface area contributed by atoms with Crippen molar-refractivity contribution in [3.63, 3.8) is 0 Å². The van der Waals surface area contributed by atoms with Crippen LogP contribution in [0.1, 0.15) is 24.6 Å². The minimum absolute atomic E-state index is 0.0114. The summed E-state index contributed by atoms with van der Waals surface area (Å²) in [4.78, 5) is 4.60. The van der Waals surface area contributed by atoms with Gasteiger partial charge in [-0.1, -0.05) is 22.8 Å². The quantitative estimate of drug-likeness (QED) is 0.634. The van der Waals surface area contributed by atoms with Gasteiger partial charge < -0.3 is 4.52 Å². The van der Waals surface area contributed by atoms with Crippen LogP contribution in [0.3, 0.4) is 0 Å². The van der Waals surface area contributed by atoms with Crippen LogP contribution in [0.25, 0.3) is 11.5 Å². The van der Waals surface area contributed by atoms with E-state index in [2.05, 4.69) is 10.1 Å². The van der Waals surface area contributed by atoms with E-state index in [9.17, 15) is 12.8 Å². The highest BCUT2D eigenvalue weighted by Gasteiger charge is 2.31. The minimum Gasteiger partial charge on any atom is -0.334 e. The van der Waals surface area contributed by atoms with Gasteiger partial charge >= 0.3 is 0 Å². The van der Waals surface area contributed by atoms with Crippen LogP contribution in [0.4, 0.5) is 4.39 Å². The Bertz CT molecular complexity index is 1080. The van der Waals surface area contributed by atoms with Crippen LogP contribution in [-0.2, 0) is 10.0 Å². The van der Waals surface area contributed by atoms with Gasteiger partial charge in [0.2, 0.25) is 10.0 Å². The highest BCUT2D eigenvalue weighted by Crippen LogP contribution is 2.31. The van der Waals surface area contributed by atoms with Crippen molar-refractivity contribution in [1.29, 1.82) is 0 Å². The van der Waals surface area contributed by atoms with Crippen molar-refractivity contribution in [2.45, 2.75) is 23.7 Å². The molecular weight excluding hydrogens is 405 g/mol. The van der Waals surface area contributed by atoms with Gasteiger partial charge in [-0.25, -0.2) is 12.8 Å². The average Bonchev–Trinajstić information content (AvgIpc) is 3.19. The third kappa shape index (κ3) is 3.80. The van der Waals surface area contributed by atoms with Gasteiger partial charge in [0, 0.05) is 29.6 Å². The van der Waals surface area contributed by atoms with E-state index in [1.54, 1.807) is 24.3 Å². The number of hydrogen-bond acceptors (Lipinski definition) is 5. The molecule has 6 nitrogen and oxygen atoms in total. The molecule has 0 amide bonds.